The summed E-state index contributed by atoms with van der Waals surface area (Å²) in [7, 11) is 0. The number of hydrogen-bond donors (Lipinski definition) is 1. The number of fused-ring (bicyclic) bond motifs is 1. The second-order valence-electron chi connectivity index (χ2n) is 7.24. The molecule has 1 heterocycles. The molecule has 3 aromatic carbocycles. The highest BCUT2D eigenvalue weighted by molar-refractivity contribution is 7.99. The summed E-state index contributed by atoms with van der Waals surface area (Å²) in [6, 6.07) is 14.8. The molecule has 4 aromatic rings. The van der Waals surface area contributed by atoms with E-state index in [0.717, 1.165) is 35.5 Å². The highest BCUT2D eigenvalue weighted by atomic mass is 35.5. The van der Waals surface area contributed by atoms with Crippen molar-refractivity contribution in [2.45, 2.75) is 12.1 Å². The van der Waals surface area contributed by atoms with Gasteiger partial charge < -0.3 is 5.32 Å². The van der Waals surface area contributed by atoms with E-state index in [1.807, 2.05) is 19.1 Å². The first-order chi connectivity index (χ1) is 16.2. The number of nitro benzene ring substituents is 1. The second kappa shape index (κ2) is 9.62. The molecule has 11 heteroatoms. The zero-order valence-corrected chi connectivity index (χ0v) is 19.2. The Morgan fingerprint density at radius 2 is 1.97 bits per heavy atom. The van der Waals surface area contributed by atoms with E-state index in [4.69, 9.17) is 11.6 Å². The van der Waals surface area contributed by atoms with E-state index in [0.29, 0.717) is 21.6 Å². The monoisotopic (exact) mass is 498 g/mol. The molecule has 4 rings (SSSR count). The molecular formula is C23H16ClFN4O4S. The van der Waals surface area contributed by atoms with Crippen molar-refractivity contribution in [2.75, 3.05) is 11.1 Å². The number of amides is 1. The molecule has 1 amide bonds. The lowest BCUT2D eigenvalue weighted by molar-refractivity contribution is -0.384. The standard InChI is InChI=1S/C23H16ClFN4O4S/c1-13-4-2-3-5-20(13)28-22(31)16-8-6-14(24)10-18(16)27-23(28)34-12-21(30)26-19-11-15(29(32)33)7-9-17(19)25/h2-11H,12H2,1H3,(H,26,30). The quantitative estimate of drug-likeness (QED) is 0.171. The van der Waals surface area contributed by atoms with Gasteiger partial charge in [0.25, 0.3) is 11.2 Å². The summed E-state index contributed by atoms with van der Waals surface area (Å²) in [5, 5.41) is 14.3. The largest absolute Gasteiger partial charge is 0.323 e. The average Bonchev–Trinajstić information content (AvgIpc) is 2.79. The molecule has 0 fully saturated rings. The van der Waals surface area contributed by atoms with E-state index in [-0.39, 0.29) is 27.8 Å². The molecule has 0 atom stereocenters. The maximum Gasteiger partial charge on any atom is 0.271 e. The maximum absolute atomic E-state index is 14.0. The number of aromatic nitrogens is 2. The van der Waals surface area contributed by atoms with Crippen LogP contribution in [-0.4, -0.2) is 26.1 Å². The highest BCUT2D eigenvalue weighted by Crippen LogP contribution is 2.26. The van der Waals surface area contributed by atoms with Crippen molar-refractivity contribution in [3.05, 3.63) is 97.5 Å². The zero-order chi connectivity index (χ0) is 24.4. The molecule has 0 aliphatic carbocycles. The number of non-ortho nitro benzene ring substituents is 1. The van der Waals surface area contributed by atoms with Gasteiger partial charge in [-0.2, -0.15) is 0 Å². The molecule has 34 heavy (non-hydrogen) atoms. The first-order valence-electron chi connectivity index (χ1n) is 9.89. The van der Waals surface area contributed by atoms with Crippen LogP contribution >= 0.6 is 23.4 Å². The van der Waals surface area contributed by atoms with Crippen LogP contribution in [-0.2, 0) is 4.79 Å². The van der Waals surface area contributed by atoms with Gasteiger partial charge in [0.2, 0.25) is 5.91 Å². The molecule has 0 saturated carbocycles. The number of halogens is 2. The Morgan fingerprint density at radius 1 is 1.21 bits per heavy atom. The van der Waals surface area contributed by atoms with Crippen LogP contribution in [0.2, 0.25) is 5.02 Å². The smallest absolute Gasteiger partial charge is 0.271 e. The minimum absolute atomic E-state index is 0.230. The average molecular weight is 499 g/mol. The van der Waals surface area contributed by atoms with Crippen LogP contribution in [0, 0.1) is 22.9 Å². The van der Waals surface area contributed by atoms with Gasteiger partial charge in [-0.15, -0.1) is 0 Å². The third-order valence-corrected chi connectivity index (χ3v) is 6.10. The van der Waals surface area contributed by atoms with Gasteiger partial charge in [-0.05, 0) is 42.8 Å². The van der Waals surface area contributed by atoms with Crippen molar-refractivity contribution < 1.29 is 14.1 Å². The number of benzene rings is 3. The number of hydrogen-bond acceptors (Lipinski definition) is 6. The van der Waals surface area contributed by atoms with Crippen LogP contribution < -0.4 is 10.9 Å². The van der Waals surface area contributed by atoms with Crippen LogP contribution in [0.15, 0.2) is 70.6 Å². The summed E-state index contributed by atoms with van der Waals surface area (Å²) in [5.74, 6) is -1.66. The lowest BCUT2D eigenvalue weighted by Crippen LogP contribution is -2.23. The van der Waals surface area contributed by atoms with Crippen molar-refractivity contribution in [2.24, 2.45) is 0 Å². The molecule has 0 bridgehead atoms. The van der Waals surface area contributed by atoms with E-state index >= 15 is 0 Å². The summed E-state index contributed by atoms with van der Waals surface area (Å²) in [5.41, 5.74) is 0.799. The maximum atomic E-state index is 14.0. The molecular weight excluding hydrogens is 483 g/mol. The van der Waals surface area contributed by atoms with E-state index in [1.165, 1.54) is 4.57 Å². The molecule has 172 valence electrons. The number of rotatable bonds is 6. The summed E-state index contributed by atoms with van der Waals surface area (Å²) < 4.78 is 15.5. The molecule has 0 unspecified atom stereocenters. The van der Waals surface area contributed by atoms with Gasteiger partial charge in [0.15, 0.2) is 5.16 Å². The van der Waals surface area contributed by atoms with Crippen molar-refractivity contribution in [3.8, 4) is 5.69 Å². The van der Waals surface area contributed by atoms with Gasteiger partial charge >= 0.3 is 0 Å². The minimum Gasteiger partial charge on any atom is -0.323 e. The minimum atomic E-state index is -0.806. The van der Waals surface area contributed by atoms with Gasteiger partial charge in [0, 0.05) is 17.2 Å². The van der Waals surface area contributed by atoms with Gasteiger partial charge in [0.1, 0.15) is 5.82 Å². The summed E-state index contributed by atoms with van der Waals surface area (Å²) in [6.07, 6.45) is 0. The van der Waals surface area contributed by atoms with Gasteiger partial charge in [-0.3, -0.25) is 24.3 Å². The van der Waals surface area contributed by atoms with Crippen LogP contribution in [0.4, 0.5) is 15.8 Å². The zero-order valence-electron chi connectivity index (χ0n) is 17.6. The van der Waals surface area contributed by atoms with Gasteiger partial charge in [-0.25, -0.2) is 9.37 Å². The van der Waals surface area contributed by atoms with Crippen LogP contribution in [0.5, 0.6) is 0 Å². The molecule has 0 spiro atoms. The van der Waals surface area contributed by atoms with Gasteiger partial charge in [0.05, 0.1) is 33.0 Å². The Hall–Kier alpha value is -3.76. The predicted octanol–water partition coefficient (Wildman–Crippen LogP) is 5.13. The van der Waals surface area contributed by atoms with Crippen molar-refractivity contribution >= 4 is 51.5 Å². The summed E-state index contributed by atoms with van der Waals surface area (Å²) in [6.45, 7) is 1.85. The lowest BCUT2D eigenvalue weighted by atomic mass is 10.2. The number of aryl methyl sites for hydroxylation is 1. The van der Waals surface area contributed by atoms with Gasteiger partial charge in [-0.1, -0.05) is 41.6 Å². The Kier molecular flexibility index (Phi) is 6.62. The number of nitrogens with zero attached hydrogens (tertiary/aromatic N) is 3. The van der Waals surface area contributed by atoms with Crippen LogP contribution in [0.3, 0.4) is 0 Å². The molecule has 0 radical (unpaired) electrons. The SMILES string of the molecule is Cc1ccccc1-n1c(SCC(=O)Nc2cc([N+](=O)[O-])ccc2F)nc2cc(Cl)ccc2c1=O. The predicted molar refractivity (Wildman–Crippen MR) is 129 cm³/mol. The highest BCUT2D eigenvalue weighted by Gasteiger charge is 2.18. The fourth-order valence-electron chi connectivity index (χ4n) is 3.30. The van der Waals surface area contributed by atoms with E-state index in [2.05, 4.69) is 10.3 Å². The molecule has 0 aliphatic heterocycles. The van der Waals surface area contributed by atoms with E-state index < -0.39 is 16.6 Å². The molecule has 0 aliphatic rings. The second-order valence-corrected chi connectivity index (χ2v) is 8.62. The van der Waals surface area contributed by atoms with Crippen molar-refractivity contribution in [3.63, 3.8) is 0 Å². The van der Waals surface area contributed by atoms with Crippen molar-refractivity contribution in [1.82, 2.24) is 9.55 Å². The normalized spacial score (nSPS) is 10.9. The Bertz CT molecular complexity index is 1510. The Balaban J connectivity index is 1.69. The number of nitrogens with one attached hydrogen (secondary N) is 1. The van der Waals surface area contributed by atoms with Crippen molar-refractivity contribution in [1.29, 1.82) is 0 Å². The van der Waals surface area contributed by atoms with Crippen LogP contribution in [0.1, 0.15) is 5.56 Å². The number of thioether (sulfide) groups is 1. The fourth-order valence-corrected chi connectivity index (χ4v) is 4.27. The third kappa shape index (κ3) is 4.78. The lowest BCUT2D eigenvalue weighted by Gasteiger charge is -2.15. The first kappa shape index (κ1) is 23.4. The summed E-state index contributed by atoms with van der Waals surface area (Å²) >= 11 is 7.04. The number of carbonyl (C=O) groups excluding carboxylic acids is 1. The third-order valence-electron chi connectivity index (χ3n) is 4.92. The number of nitro groups is 1. The number of anilines is 1. The van der Waals surface area contributed by atoms with E-state index in [9.17, 15) is 24.1 Å². The Labute approximate surface area is 201 Å². The first-order valence-corrected chi connectivity index (χ1v) is 11.3. The number of para-hydroxylation sites is 1. The van der Waals surface area contributed by atoms with E-state index in [1.54, 1.807) is 30.3 Å². The molecule has 8 nitrogen and oxygen atoms in total. The van der Waals surface area contributed by atoms with Crippen LogP contribution in [0.25, 0.3) is 16.6 Å². The number of carbonyl (C=O) groups is 1. The Morgan fingerprint density at radius 3 is 2.71 bits per heavy atom. The summed E-state index contributed by atoms with van der Waals surface area (Å²) in [4.78, 5) is 40.7. The molecule has 0 saturated heterocycles. The fraction of sp³-hybridized carbons (Fsp3) is 0.0870. The molecule has 1 N–H and O–H groups in total. The topological polar surface area (TPSA) is 107 Å². The molecule has 1 aromatic heterocycles.